The molecule has 0 amide bonds. The Hall–Kier alpha value is -0.840. The maximum atomic E-state index is 12.5. The van der Waals surface area contributed by atoms with E-state index in [0.717, 1.165) is 19.3 Å². The van der Waals surface area contributed by atoms with E-state index in [1.807, 2.05) is 0 Å². The summed E-state index contributed by atoms with van der Waals surface area (Å²) in [5.41, 5.74) is -3.63. The molecule has 2 atom stereocenters. The van der Waals surface area contributed by atoms with Crippen molar-refractivity contribution in [2.24, 2.45) is 5.92 Å². The normalized spacial score (nSPS) is 23.6. The van der Waals surface area contributed by atoms with E-state index in [2.05, 4.69) is 12.2 Å². The molecule has 1 N–H and O–H groups in total. The number of rotatable bonds is 4. The Bertz CT molecular complexity index is 419. The molecule has 1 aliphatic carbocycles. The fourth-order valence-electron chi connectivity index (χ4n) is 2.60. The molecule has 106 valence electrons. The zero-order valence-electron chi connectivity index (χ0n) is 10.8. The highest BCUT2D eigenvalue weighted by atomic mass is 32.2. The summed E-state index contributed by atoms with van der Waals surface area (Å²) < 4.78 is 37.5. The van der Waals surface area contributed by atoms with Gasteiger partial charge in [0.2, 0.25) is 0 Å². The third kappa shape index (κ3) is 4.34. The van der Waals surface area contributed by atoms with E-state index >= 15 is 0 Å². The van der Waals surface area contributed by atoms with Crippen molar-refractivity contribution in [1.29, 1.82) is 0 Å². The van der Waals surface area contributed by atoms with Crippen molar-refractivity contribution >= 4 is 17.4 Å². The number of benzene rings is 1. The van der Waals surface area contributed by atoms with Crippen LogP contribution in [0, 0.1) is 5.92 Å². The highest BCUT2D eigenvalue weighted by Crippen LogP contribution is 2.41. The highest BCUT2D eigenvalue weighted by Gasteiger charge is 2.31. The lowest BCUT2D eigenvalue weighted by atomic mass is 10.1. The molecule has 19 heavy (non-hydrogen) atoms. The first kappa shape index (κ1) is 14.6. The molecule has 1 aromatic rings. The summed E-state index contributed by atoms with van der Waals surface area (Å²) in [6.45, 7) is 2.17. The van der Waals surface area contributed by atoms with Crippen molar-refractivity contribution in [2.75, 3.05) is 5.32 Å². The first-order valence-corrected chi connectivity index (χ1v) is 7.41. The summed E-state index contributed by atoms with van der Waals surface area (Å²) in [6, 6.07) is 6.97. The lowest BCUT2D eigenvalue weighted by molar-refractivity contribution is -0.0327. The molecule has 1 fully saturated rings. The monoisotopic (exact) mass is 289 g/mol. The molecule has 0 spiro atoms. The largest absolute Gasteiger partial charge is 0.446 e. The molecule has 2 unspecified atom stereocenters. The number of nitrogens with one attached hydrogen (secondary N) is 1. The Labute approximate surface area is 116 Å². The van der Waals surface area contributed by atoms with E-state index in [4.69, 9.17) is 0 Å². The van der Waals surface area contributed by atoms with Gasteiger partial charge in [-0.25, -0.2) is 0 Å². The summed E-state index contributed by atoms with van der Waals surface area (Å²) >= 11 is -0.0452. The van der Waals surface area contributed by atoms with Crippen LogP contribution in [0.1, 0.15) is 32.6 Å². The summed E-state index contributed by atoms with van der Waals surface area (Å²) in [7, 11) is 0. The molecule has 1 saturated carbocycles. The van der Waals surface area contributed by atoms with Crippen LogP contribution in [0.3, 0.4) is 0 Å². The second-order valence-corrected chi connectivity index (χ2v) is 6.08. The lowest BCUT2D eigenvalue weighted by Crippen LogP contribution is -2.16. The van der Waals surface area contributed by atoms with E-state index < -0.39 is 5.51 Å². The standard InChI is InChI=1S/C14H18F3NS/c1-2-10-7-8-11(9-10)18-12-5-3-4-6-13(12)19-14(15,16)17/h3-6,10-11,18H,2,7-9H2,1H3. The second kappa shape index (κ2) is 6.07. The van der Waals surface area contributed by atoms with Gasteiger partial charge in [-0.15, -0.1) is 0 Å². The van der Waals surface area contributed by atoms with Crippen LogP contribution >= 0.6 is 11.8 Å². The van der Waals surface area contributed by atoms with Crippen LogP contribution in [0.15, 0.2) is 29.2 Å². The summed E-state index contributed by atoms with van der Waals surface area (Å²) in [6.07, 6.45) is 4.42. The molecule has 1 aliphatic rings. The van der Waals surface area contributed by atoms with E-state index in [-0.39, 0.29) is 16.7 Å². The van der Waals surface area contributed by atoms with E-state index in [1.165, 1.54) is 12.5 Å². The minimum Gasteiger partial charge on any atom is -0.381 e. The molecule has 2 rings (SSSR count). The predicted octanol–water partition coefficient (Wildman–Crippen LogP) is 5.29. The van der Waals surface area contributed by atoms with Crippen molar-refractivity contribution in [3.63, 3.8) is 0 Å². The van der Waals surface area contributed by atoms with Crippen molar-refractivity contribution < 1.29 is 13.2 Å². The Kier molecular flexibility index (Phi) is 4.66. The Balaban J connectivity index is 2.04. The SMILES string of the molecule is CCC1CCC(Nc2ccccc2SC(F)(F)F)C1. The topological polar surface area (TPSA) is 12.0 Å². The molecule has 1 nitrogen and oxygen atoms in total. The summed E-state index contributed by atoms with van der Waals surface area (Å²) in [5.74, 6) is 0.708. The van der Waals surface area contributed by atoms with Gasteiger partial charge in [0.05, 0.1) is 0 Å². The summed E-state index contributed by atoms with van der Waals surface area (Å²) in [5, 5.41) is 3.28. The number of para-hydroxylation sites is 1. The van der Waals surface area contributed by atoms with Crippen LogP contribution in [0.25, 0.3) is 0 Å². The molecule has 1 aromatic carbocycles. The number of alkyl halides is 3. The van der Waals surface area contributed by atoms with Gasteiger partial charge in [-0.2, -0.15) is 13.2 Å². The van der Waals surface area contributed by atoms with Crippen molar-refractivity contribution in [2.45, 2.75) is 49.1 Å². The van der Waals surface area contributed by atoms with Gasteiger partial charge in [-0.05, 0) is 49.1 Å². The van der Waals surface area contributed by atoms with Gasteiger partial charge in [0, 0.05) is 16.6 Å². The van der Waals surface area contributed by atoms with Crippen LogP contribution in [0.2, 0.25) is 0 Å². The number of halogens is 3. The zero-order chi connectivity index (χ0) is 13.9. The molecular weight excluding hydrogens is 271 g/mol. The van der Waals surface area contributed by atoms with Crippen molar-refractivity contribution in [1.82, 2.24) is 0 Å². The van der Waals surface area contributed by atoms with E-state index in [0.29, 0.717) is 17.6 Å². The average Bonchev–Trinajstić information content (AvgIpc) is 2.78. The minimum atomic E-state index is -4.24. The molecule has 0 saturated heterocycles. The van der Waals surface area contributed by atoms with Gasteiger partial charge in [0.1, 0.15) is 0 Å². The molecule has 0 bridgehead atoms. The number of anilines is 1. The first-order valence-electron chi connectivity index (χ1n) is 6.59. The zero-order valence-corrected chi connectivity index (χ0v) is 11.7. The molecule has 0 radical (unpaired) electrons. The fourth-order valence-corrected chi connectivity index (χ4v) is 3.23. The average molecular weight is 289 g/mol. The van der Waals surface area contributed by atoms with Crippen molar-refractivity contribution in [3.05, 3.63) is 24.3 Å². The third-order valence-corrected chi connectivity index (χ3v) is 4.40. The predicted molar refractivity (Wildman–Crippen MR) is 73.4 cm³/mol. The lowest BCUT2D eigenvalue weighted by Gasteiger charge is -2.18. The Morgan fingerprint density at radius 1 is 1.26 bits per heavy atom. The maximum Gasteiger partial charge on any atom is 0.446 e. The molecule has 0 aromatic heterocycles. The van der Waals surface area contributed by atoms with Gasteiger partial charge in [0.25, 0.3) is 0 Å². The molecule has 0 aliphatic heterocycles. The van der Waals surface area contributed by atoms with Crippen LogP contribution < -0.4 is 5.32 Å². The first-order chi connectivity index (χ1) is 8.98. The molecular formula is C14H18F3NS. The highest BCUT2D eigenvalue weighted by molar-refractivity contribution is 8.00. The van der Waals surface area contributed by atoms with Gasteiger partial charge in [-0.3, -0.25) is 0 Å². The van der Waals surface area contributed by atoms with Crippen LogP contribution in [0.4, 0.5) is 18.9 Å². The van der Waals surface area contributed by atoms with Gasteiger partial charge in [-0.1, -0.05) is 25.5 Å². The van der Waals surface area contributed by atoms with Crippen LogP contribution in [0.5, 0.6) is 0 Å². The smallest absolute Gasteiger partial charge is 0.381 e. The third-order valence-electron chi connectivity index (χ3n) is 3.59. The summed E-state index contributed by atoms with van der Waals surface area (Å²) in [4.78, 5) is 0.259. The Morgan fingerprint density at radius 3 is 2.63 bits per heavy atom. The van der Waals surface area contributed by atoms with Gasteiger partial charge in [0.15, 0.2) is 0 Å². The van der Waals surface area contributed by atoms with E-state index in [9.17, 15) is 13.2 Å². The minimum absolute atomic E-state index is 0.0452. The van der Waals surface area contributed by atoms with E-state index in [1.54, 1.807) is 18.2 Å². The second-order valence-electron chi connectivity index (χ2n) is 4.97. The van der Waals surface area contributed by atoms with Gasteiger partial charge >= 0.3 is 5.51 Å². The van der Waals surface area contributed by atoms with Crippen LogP contribution in [-0.4, -0.2) is 11.6 Å². The Morgan fingerprint density at radius 2 is 2.00 bits per heavy atom. The maximum absolute atomic E-state index is 12.5. The number of hydrogen-bond acceptors (Lipinski definition) is 2. The van der Waals surface area contributed by atoms with Gasteiger partial charge < -0.3 is 5.32 Å². The quantitative estimate of drug-likeness (QED) is 0.756. The van der Waals surface area contributed by atoms with Crippen molar-refractivity contribution in [3.8, 4) is 0 Å². The molecule has 0 heterocycles. The fraction of sp³-hybridized carbons (Fsp3) is 0.571. The number of thioether (sulfide) groups is 1. The number of hydrogen-bond donors (Lipinski definition) is 1. The molecule has 5 heteroatoms. The van der Waals surface area contributed by atoms with Crippen LogP contribution in [-0.2, 0) is 0 Å².